The maximum atomic E-state index is 14.5. The van der Waals surface area contributed by atoms with Gasteiger partial charge in [-0.05, 0) is 62.2 Å². The topological polar surface area (TPSA) is 69.0 Å². The largest absolute Gasteiger partial charge is 0.382 e. The molecule has 1 aliphatic heterocycles. The molecule has 4 aromatic rings. The molecule has 39 heavy (non-hydrogen) atoms. The number of alkyl halides is 3. The molecule has 0 aliphatic carbocycles. The Labute approximate surface area is 228 Å². The summed E-state index contributed by atoms with van der Waals surface area (Å²) in [5.74, 6) is -2.30. The first-order chi connectivity index (χ1) is 18.6. The Bertz CT molecular complexity index is 1490. The summed E-state index contributed by atoms with van der Waals surface area (Å²) in [7, 11) is 2.22. The average molecular weight is 553 g/mol. The molecule has 2 unspecified atom stereocenters. The van der Waals surface area contributed by atoms with E-state index in [9.17, 15) is 13.2 Å². The summed E-state index contributed by atoms with van der Waals surface area (Å²) in [6, 6.07) is 18.4. The monoisotopic (exact) mass is 552 g/mol. The van der Waals surface area contributed by atoms with E-state index in [0.717, 1.165) is 49.6 Å². The van der Waals surface area contributed by atoms with Gasteiger partial charge in [0.2, 0.25) is 5.95 Å². The Balaban J connectivity index is 1.28. The van der Waals surface area contributed by atoms with E-state index in [2.05, 4.69) is 24.8 Å². The van der Waals surface area contributed by atoms with Gasteiger partial charge in [-0.15, -0.1) is 0 Å². The molecule has 0 bridgehead atoms. The van der Waals surface area contributed by atoms with Crippen LogP contribution in [0.4, 0.5) is 36.2 Å². The quantitative estimate of drug-likeness (QED) is 0.155. The SMILES string of the molecule is CC(=N)c1cc(NC2CCN(c3nc4ccccc4n3C(F)P)CC2)ccc1Nc1cccc(C(C)(F)F)c1. The third-order valence-electron chi connectivity index (χ3n) is 7.04. The molecule has 3 N–H and O–H groups in total. The van der Waals surface area contributed by atoms with Crippen molar-refractivity contribution in [2.24, 2.45) is 0 Å². The second-order valence-electron chi connectivity index (χ2n) is 10.0. The van der Waals surface area contributed by atoms with Crippen molar-refractivity contribution in [3.05, 3.63) is 77.9 Å². The van der Waals surface area contributed by atoms with E-state index in [1.54, 1.807) is 23.6 Å². The van der Waals surface area contributed by atoms with Gasteiger partial charge >= 0.3 is 0 Å². The molecular formula is C29H32F3N6P. The minimum atomic E-state index is -2.93. The van der Waals surface area contributed by atoms with Crippen molar-refractivity contribution in [1.29, 1.82) is 5.41 Å². The average Bonchev–Trinajstić information content (AvgIpc) is 3.29. The lowest BCUT2D eigenvalue weighted by molar-refractivity contribution is 0.0175. The second-order valence-corrected chi connectivity index (χ2v) is 10.6. The molecule has 6 nitrogen and oxygen atoms in total. The predicted molar refractivity (Wildman–Crippen MR) is 157 cm³/mol. The van der Waals surface area contributed by atoms with E-state index in [0.29, 0.717) is 28.6 Å². The molecule has 0 saturated carbocycles. The second kappa shape index (κ2) is 10.9. The number of piperidine rings is 1. The van der Waals surface area contributed by atoms with Crippen LogP contribution in [0.15, 0.2) is 66.7 Å². The maximum Gasteiger partial charge on any atom is 0.270 e. The highest BCUT2D eigenvalue weighted by atomic mass is 31.0. The van der Waals surface area contributed by atoms with Crippen molar-refractivity contribution in [2.75, 3.05) is 28.6 Å². The zero-order valence-corrected chi connectivity index (χ0v) is 23.0. The number of rotatable bonds is 8. The zero-order valence-electron chi connectivity index (χ0n) is 21.9. The number of aromatic nitrogens is 2. The third kappa shape index (κ3) is 5.88. The van der Waals surface area contributed by atoms with Crippen LogP contribution in [0.5, 0.6) is 0 Å². The first kappa shape index (κ1) is 27.0. The summed E-state index contributed by atoms with van der Waals surface area (Å²) in [5.41, 5.74) is 4.63. The van der Waals surface area contributed by atoms with E-state index < -0.39 is 12.0 Å². The first-order valence-corrected chi connectivity index (χ1v) is 13.6. The standard InChI is InChI=1S/C29H32F3N6P/c1-18(33)23-17-22(10-11-24(23)35-21-7-5-6-19(16-21)29(2,31)32)34-20-12-14-37(15-13-20)28-36-25-8-3-4-9-26(25)38(28)27(30)39/h3-11,16-17,20,27,33-35H,12-15,39H2,1-2H3. The Kier molecular flexibility index (Phi) is 7.54. The Morgan fingerprint density at radius 2 is 1.79 bits per heavy atom. The van der Waals surface area contributed by atoms with Crippen LogP contribution in [0, 0.1) is 5.41 Å². The van der Waals surface area contributed by atoms with E-state index >= 15 is 0 Å². The fourth-order valence-electron chi connectivity index (χ4n) is 5.04. The van der Waals surface area contributed by atoms with Crippen LogP contribution < -0.4 is 15.5 Å². The molecule has 1 saturated heterocycles. The molecule has 2 atom stereocenters. The molecule has 2 heterocycles. The van der Waals surface area contributed by atoms with Gasteiger partial charge in [0.25, 0.3) is 5.92 Å². The number of halogens is 3. The van der Waals surface area contributed by atoms with Gasteiger partial charge in [-0.25, -0.2) is 18.2 Å². The Morgan fingerprint density at radius 3 is 2.49 bits per heavy atom. The van der Waals surface area contributed by atoms with Crippen molar-refractivity contribution in [3.63, 3.8) is 0 Å². The van der Waals surface area contributed by atoms with Crippen molar-refractivity contribution in [1.82, 2.24) is 9.55 Å². The number of hydrogen-bond donors (Lipinski definition) is 3. The molecule has 0 spiro atoms. The fourth-order valence-corrected chi connectivity index (χ4v) is 5.33. The van der Waals surface area contributed by atoms with Crippen molar-refractivity contribution in [3.8, 4) is 0 Å². The van der Waals surface area contributed by atoms with Crippen LogP contribution in [-0.4, -0.2) is 34.4 Å². The molecule has 1 aliphatic rings. The Morgan fingerprint density at radius 1 is 1.05 bits per heavy atom. The van der Waals surface area contributed by atoms with Gasteiger partial charge in [-0.2, -0.15) is 0 Å². The minimum Gasteiger partial charge on any atom is -0.382 e. The van der Waals surface area contributed by atoms with Gasteiger partial charge in [0.1, 0.15) is 0 Å². The molecule has 0 amide bonds. The van der Waals surface area contributed by atoms with Crippen LogP contribution in [0.2, 0.25) is 0 Å². The van der Waals surface area contributed by atoms with E-state index in [1.807, 2.05) is 42.5 Å². The van der Waals surface area contributed by atoms with Crippen LogP contribution in [0.1, 0.15) is 43.9 Å². The molecule has 1 aromatic heterocycles. The smallest absolute Gasteiger partial charge is 0.270 e. The number of imidazole rings is 1. The summed E-state index contributed by atoms with van der Waals surface area (Å²) < 4.78 is 43.7. The Hall–Kier alpha value is -3.58. The summed E-state index contributed by atoms with van der Waals surface area (Å²) >= 11 is 0. The van der Waals surface area contributed by atoms with Crippen molar-refractivity contribution >= 4 is 49.0 Å². The van der Waals surface area contributed by atoms with Crippen molar-refractivity contribution in [2.45, 2.75) is 44.7 Å². The molecule has 5 rings (SSSR count). The summed E-state index contributed by atoms with van der Waals surface area (Å²) in [4.78, 5) is 6.83. The molecule has 10 heteroatoms. The highest BCUT2D eigenvalue weighted by Crippen LogP contribution is 2.34. The van der Waals surface area contributed by atoms with Crippen LogP contribution in [-0.2, 0) is 5.92 Å². The summed E-state index contributed by atoms with van der Waals surface area (Å²) in [5, 5.41) is 15.1. The third-order valence-corrected chi connectivity index (χ3v) is 7.34. The fraction of sp³-hybridized carbons (Fsp3) is 0.310. The van der Waals surface area contributed by atoms with E-state index in [4.69, 9.17) is 10.4 Å². The highest BCUT2D eigenvalue weighted by molar-refractivity contribution is 7.16. The minimum absolute atomic E-state index is 0.0689. The van der Waals surface area contributed by atoms with Crippen LogP contribution in [0.25, 0.3) is 11.0 Å². The highest BCUT2D eigenvalue weighted by Gasteiger charge is 2.26. The molecule has 3 aromatic carbocycles. The number of benzene rings is 3. The lowest BCUT2D eigenvalue weighted by atomic mass is 10.0. The molecule has 204 valence electrons. The zero-order chi connectivity index (χ0) is 27.7. The molecule has 1 fully saturated rings. The predicted octanol–water partition coefficient (Wildman–Crippen LogP) is 7.66. The number of para-hydroxylation sites is 2. The lowest BCUT2D eigenvalue weighted by Crippen LogP contribution is -2.40. The van der Waals surface area contributed by atoms with Gasteiger partial charge in [0.05, 0.1) is 11.0 Å². The van der Waals surface area contributed by atoms with Gasteiger partial charge in [0.15, 0.2) is 6.04 Å². The van der Waals surface area contributed by atoms with Gasteiger partial charge in [-0.1, -0.05) is 33.5 Å². The first-order valence-electron chi connectivity index (χ1n) is 12.9. The number of anilines is 4. The lowest BCUT2D eigenvalue weighted by Gasteiger charge is -2.34. The van der Waals surface area contributed by atoms with E-state index in [-0.39, 0.29) is 11.6 Å². The number of nitrogens with one attached hydrogen (secondary N) is 3. The van der Waals surface area contributed by atoms with E-state index in [1.165, 1.54) is 12.1 Å². The van der Waals surface area contributed by atoms with Gasteiger partial charge < -0.3 is 20.9 Å². The molecular weight excluding hydrogens is 520 g/mol. The van der Waals surface area contributed by atoms with Gasteiger partial charge in [0, 0.05) is 60.0 Å². The van der Waals surface area contributed by atoms with Crippen LogP contribution >= 0.6 is 9.24 Å². The summed E-state index contributed by atoms with van der Waals surface area (Å²) in [6.07, 6.45) is 1.68. The molecule has 0 radical (unpaired) electrons. The van der Waals surface area contributed by atoms with Gasteiger partial charge in [-0.3, -0.25) is 4.57 Å². The van der Waals surface area contributed by atoms with Crippen LogP contribution in [0.3, 0.4) is 0 Å². The number of hydrogen-bond acceptors (Lipinski definition) is 5. The number of nitrogens with zero attached hydrogens (tertiary/aromatic N) is 3. The normalized spacial score (nSPS) is 15.4. The van der Waals surface area contributed by atoms with Crippen molar-refractivity contribution < 1.29 is 13.2 Å². The number of fused-ring (bicyclic) bond motifs is 1. The maximum absolute atomic E-state index is 14.5. The summed E-state index contributed by atoms with van der Waals surface area (Å²) in [6.45, 7) is 4.04.